The summed E-state index contributed by atoms with van der Waals surface area (Å²) in [5, 5.41) is 9.34. The summed E-state index contributed by atoms with van der Waals surface area (Å²) in [4.78, 5) is 6.51. The van der Waals surface area contributed by atoms with E-state index in [1.807, 2.05) is 18.5 Å². The lowest BCUT2D eigenvalue weighted by atomic mass is 9.75. The number of likely N-dealkylation sites (tertiary alicyclic amines) is 1. The molecular weight excluding hydrogens is 451 g/mol. The molecular formula is C23H28F3N5OS. The highest BCUT2D eigenvalue weighted by Gasteiger charge is 2.41. The van der Waals surface area contributed by atoms with Gasteiger partial charge in [-0.3, -0.25) is 0 Å². The van der Waals surface area contributed by atoms with Gasteiger partial charge in [0.25, 0.3) is 0 Å². The minimum absolute atomic E-state index is 0.162. The van der Waals surface area contributed by atoms with E-state index >= 15 is 0 Å². The molecule has 1 aliphatic rings. The first kappa shape index (κ1) is 23.8. The third-order valence-electron chi connectivity index (χ3n) is 6.68. The van der Waals surface area contributed by atoms with Crippen LogP contribution in [0, 0.1) is 12.8 Å². The Morgan fingerprint density at radius 1 is 1.21 bits per heavy atom. The Balaban J connectivity index is 1.31. The van der Waals surface area contributed by atoms with Crippen LogP contribution in [0.4, 0.5) is 13.2 Å². The Morgan fingerprint density at radius 3 is 2.58 bits per heavy atom. The number of benzene rings is 1. The number of oxazole rings is 1. The molecule has 6 nitrogen and oxygen atoms in total. The standard InChI is InChI=1S/C23H28F3N5OS/c1-15-12-31(13-22(15,3)17-6-8-18(9-7-17)23(24,25)26)10-5-11-33-21-29-28-20(30(21)4)19-16(2)27-14-32-19/h6-9,14-15H,5,10-13H2,1-4H3/t15-,22-/m0/s1. The predicted octanol–water partition coefficient (Wildman–Crippen LogP) is 5.19. The molecule has 33 heavy (non-hydrogen) atoms. The molecule has 0 radical (unpaired) electrons. The van der Waals surface area contributed by atoms with E-state index in [9.17, 15) is 13.2 Å². The first-order chi connectivity index (χ1) is 15.6. The van der Waals surface area contributed by atoms with Crippen molar-refractivity contribution in [1.82, 2.24) is 24.6 Å². The quantitative estimate of drug-likeness (QED) is 0.343. The topological polar surface area (TPSA) is 60.0 Å². The van der Waals surface area contributed by atoms with Crippen molar-refractivity contribution < 1.29 is 17.6 Å². The molecule has 0 N–H and O–H groups in total. The van der Waals surface area contributed by atoms with Crippen molar-refractivity contribution in [2.45, 2.75) is 43.9 Å². The third kappa shape index (κ3) is 4.82. The molecule has 0 amide bonds. The van der Waals surface area contributed by atoms with Gasteiger partial charge in [0.15, 0.2) is 17.3 Å². The van der Waals surface area contributed by atoms with E-state index in [-0.39, 0.29) is 5.41 Å². The molecule has 178 valence electrons. The molecule has 0 bridgehead atoms. The van der Waals surface area contributed by atoms with Gasteiger partial charge in [-0.05, 0) is 43.5 Å². The van der Waals surface area contributed by atoms with Crippen LogP contribution in [0.1, 0.15) is 37.1 Å². The maximum atomic E-state index is 12.9. The second kappa shape index (κ2) is 9.13. The van der Waals surface area contributed by atoms with Crippen LogP contribution in [0.25, 0.3) is 11.6 Å². The van der Waals surface area contributed by atoms with Crippen molar-refractivity contribution in [2.24, 2.45) is 13.0 Å². The van der Waals surface area contributed by atoms with E-state index < -0.39 is 11.7 Å². The van der Waals surface area contributed by atoms with Crippen molar-refractivity contribution in [1.29, 1.82) is 0 Å². The molecule has 1 aliphatic heterocycles. The van der Waals surface area contributed by atoms with Gasteiger partial charge >= 0.3 is 6.18 Å². The molecule has 0 aliphatic carbocycles. The molecule has 1 aromatic carbocycles. The summed E-state index contributed by atoms with van der Waals surface area (Å²) in [7, 11) is 1.91. The van der Waals surface area contributed by atoms with E-state index in [2.05, 4.69) is 33.9 Å². The second-order valence-electron chi connectivity index (χ2n) is 8.96. The zero-order chi connectivity index (χ0) is 23.8. The van der Waals surface area contributed by atoms with Gasteiger partial charge in [-0.15, -0.1) is 10.2 Å². The molecule has 2 aromatic heterocycles. The molecule has 0 spiro atoms. The number of hydrogen-bond acceptors (Lipinski definition) is 6. The third-order valence-corrected chi connectivity index (χ3v) is 7.78. The van der Waals surface area contributed by atoms with Gasteiger partial charge in [0.1, 0.15) is 0 Å². The van der Waals surface area contributed by atoms with Gasteiger partial charge in [0.05, 0.1) is 11.3 Å². The van der Waals surface area contributed by atoms with Crippen LogP contribution in [0.3, 0.4) is 0 Å². The smallest absolute Gasteiger partial charge is 0.416 e. The van der Waals surface area contributed by atoms with Crippen LogP contribution in [-0.4, -0.2) is 50.0 Å². The maximum absolute atomic E-state index is 12.9. The van der Waals surface area contributed by atoms with Gasteiger partial charge in [-0.25, -0.2) is 4.98 Å². The van der Waals surface area contributed by atoms with Crippen LogP contribution < -0.4 is 0 Å². The minimum Gasteiger partial charge on any atom is -0.440 e. The number of thioether (sulfide) groups is 1. The lowest BCUT2D eigenvalue weighted by molar-refractivity contribution is -0.137. The molecule has 1 fully saturated rings. The normalized spacial score (nSPS) is 21.7. The van der Waals surface area contributed by atoms with Gasteiger partial charge in [-0.1, -0.05) is 37.7 Å². The van der Waals surface area contributed by atoms with Crippen LogP contribution in [0.5, 0.6) is 0 Å². The summed E-state index contributed by atoms with van der Waals surface area (Å²) >= 11 is 1.65. The number of aromatic nitrogens is 4. The number of aryl methyl sites for hydroxylation is 1. The number of alkyl halides is 3. The summed E-state index contributed by atoms with van der Waals surface area (Å²) in [6, 6.07) is 5.67. The fraction of sp³-hybridized carbons (Fsp3) is 0.522. The molecule has 3 aromatic rings. The average Bonchev–Trinajstić information content (AvgIpc) is 3.43. The molecule has 10 heteroatoms. The van der Waals surface area contributed by atoms with Crippen LogP contribution in [0.15, 0.2) is 40.2 Å². The zero-order valence-corrected chi connectivity index (χ0v) is 20.0. The number of halogens is 3. The predicted molar refractivity (Wildman–Crippen MR) is 121 cm³/mol. The first-order valence-electron chi connectivity index (χ1n) is 10.9. The van der Waals surface area contributed by atoms with E-state index in [4.69, 9.17) is 4.42 Å². The Morgan fingerprint density at radius 2 is 1.94 bits per heavy atom. The zero-order valence-electron chi connectivity index (χ0n) is 19.2. The molecule has 0 unspecified atom stereocenters. The fourth-order valence-electron chi connectivity index (χ4n) is 4.47. The lowest BCUT2D eigenvalue weighted by Gasteiger charge is -2.29. The van der Waals surface area contributed by atoms with E-state index in [0.29, 0.717) is 17.5 Å². The summed E-state index contributed by atoms with van der Waals surface area (Å²) in [6.45, 7) is 8.90. The number of hydrogen-bond donors (Lipinski definition) is 0. The largest absolute Gasteiger partial charge is 0.440 e. The first-order valence-corrected chi connectivity index (χ1v) is 11.9. The Labute approximate surface area is 195 Å². The van der Waals surface area contributed by atoms with Gasteiger partial charge in [-0.2, -0.15) is 13.2 Å². The summed E-state index contributed by atoms with van der Waals surface area (Å²) in [5.41, 5.74) is 0.986. The summed E-state index contributed by atoms with van der Waals surface area (Å²) in [6.07, 6.45) is -1.92. The Bertz CT molecular complexity index is 1090. The molecule has 1 saturated heterocycles. The molecule has 3 heterocycles. The van der Waals surface area contributed by atoms with E-state index in [0.717, 1.165) is 48.2 Å². The summed E-state index contributed by atoms with van der Waals surface area (Å²) < 4.78 is 46.1. The van der Waals surface area contributed by atoms with E-state index in [1.54, 1.807) is 23.9 Å². The van der Waals surface area contributed by atoms with Crippen LogP contribution in [0.2, 0.25) is 0 Å². The number of nitrogens with zero attached hydrogens (tertiary/aromatic N) is 5. The minimum atomic E-state index is -4.30. The highest BCUT2D eigenvalue weighted by Crippen LogP contribution is 2.40. The van der Waals surface area contributed by atoms with Gasteiger partial charge in [0.2, 0.25) is 5.82 Å². The second-order valence-corrected chi connectivity index (χ2v) is 10.0. The van der Waals surface area contributed by atoms with Crippen LogP contribution >= 0.6 is 11.8 Å². The van der Waals surface area contributed by atoms with Crippen molar-refractivity contribution in [3.63, 3.8) is 0 Å². The van der Waals surface area contributed by atoms with Gasteiger partial charge in [0, 0.05) is 31.3 Å². The van der Waals surface area contributed by atoms with E-state index in [1.165, 1.54) is 18.5 Å². The van der Waals surface area contributed by atoms with Gasteiger partial charge < -0.3 is 13.9 Å². The summed E-state index contributed by atoms with van der Waals surface area (Å²) in [5.74, 6) is 2.54. The Hall–Kier alpha value is -2.33. The Kier molecular flexibility index (Phi) is 6.59. The highest BCUT2D eigenvalue weighted by molar-refractivity contribution is 7.99. The van der Waals surface area contributed by atoms with Crippen molar-refractivity contribution in [2.75, 3.05) is 25.4 Å². The molecule has 4 rings (SSSR count). The fourth-order valence-corrected chi connectivity index (χ4v) is 5.30. The lowest BCUT2D eigenvalue weighted by Crippen LogP contribution is -2.31. The number of rotatable bonds is 7. The maximum Gasteiger partial charge on any atom is 0.416 e. The average molecular weight is 480 g/mol. The SMILES string of the molecule is Cc1ncoc1-c1nnc(SCCCN2C[C@H](C)[C@@](C)(c3ccc(C(F)(F)F)cc3)C2)n1C. The molecule has 0 saturated carbocycles. The highest BCUT2D eigenvalue weighted by atomic mass is 32.2. The van der Waals surface area contributed by atoms with Crippen molar-refractivity contribution in [3.8, 4) is 11.6 Å². The molecule has 2 atom stereocenters. The van der Waals surface area contributed by atoms with Crippen molar-refractivity contribution >= 4 is 11.8 Å². The van der Waals surface area contributed by atoms with Crippen molar-refractivity contribution in [3.05, 3.63) is 47.5 Å². The van der Waals surface area contributed by atoms with Crippen LogP contribution in [-0.2, 0) is 18.6 Å². The monoisotopic (exact) mass is 479 g/mol.